The molecule has 2 N–H and O–H groups in total. The fourth-order valence-electron chi connectivity index (χ4n) is 2.94. The molecule has 2 heterocycles. The van der Waals surface area contributed by atoms with Crippen molar-refractivity contribution in [1.29, 1.82) is 0 Å². The molecule has 0 saturated carbocycles. The van der Waals surface area contributed by atoms with Gasteiger partial charge in [0, 0.05) is 19.3 Å². The Hall–Kier alpha value is -3.28. The number of carboxylic acid groups (broad SMARTS) is 1. The maximum absolute atomic E-state index is 12.8. The molecule has 26 heavy (non-hydrogen) atoms. The van der Waals surface area contributed by atoms with E-state index < -0.39 is 5.97 Å². The Labute approximate surface area is 151 Å². The van der Waals surface area contributed by atoms with Crippen LogP contribution in [-0.4, -0.2) is 28.1 Å². The van der Waals surface area contributed by atoms with E-state index in [-0.39, 0.29) is 18.9 Å². The van der Waals surface area contributed by atoms with E-state index in [1.807, 2.05) is 54.1 Å². The second-order valence-electron chi connectivity index (χ2n) is 6.03. The lowest BCUT2D eigenvalue weighted by molar-refractivity contribution is -0.136. The van der Waals surface area contributed by atoms with Gasteiger partial charge in [0.1, 0.15) is 11.5 Å². The molecule has 1 aromatic carbocycles. The number of furan rings is 1. The zero-order valence-corrected chi connectivity index (χ0v) is 14.4. The lowest BCUT2D eigenvalue weighted by atomic mass is 10.1. The molecule has 0 saturated heterocycles. The number of carbonyl (C=O) groups is 2. The number of aliphatic carboxylic acids is 1. The van der Waals surface area contributed by atoms with Gasteiger partial charge in [-0.15, -0.1) is 0 Å². The number of carboxylic acids is 1. The number of benzene rings is 1. The van der Waals surface area contributed by atoms with Crippen molar-refractivity contribution < 1.29 is 19.1 Å². The first kappa shape index (κ1) is 17.5. The van der Waals surface area contributed by atoms with Crippen LogP contribution in [0.4, 0.5) is 0 Å². The topological polar surface area (TPSA) is 84.5 Å². The van der Waals surface area contributed by atoms with Gasteiger partial charge in [-0.25, -0.2) is 0 Å². The van der Waals surface area contributed by atoms with Crippen LogP contribution in [0, 0.1) is 6.92 Å². The molecule has 6 nitrogen and oxygen atoms in total. The fraction of sp³-hybridized carbons (Fsp3) is 0.200. The quantitative estimate of drug-likeness (QED) is 0.683. The van der Waals surface area contributed by atoms with Gasteiger partial charge in [0.15, 0.2) is 0 Å². The molecule has 3 aromatic rings. The molecule has 0 atom stereocenters. The molecule has 0 unspecified atom stereocenters. The number of nitrogens with one attached hydrogen (secondary N) is 1. The molecule has 0 radical (unpaired) electrons. The van der Waals surface area contributed by atoms with Crippen LogP contribution in [0.3, 0.4) is 0 Å². The summed E-state index contributed by atoms with van der Waals surface area (Å²) in [5, 5.41) is 11.5. The SMILES string of the molecule is Cc1cn(Cc2ccccc2)c(C(=O)NCCC(=O)O)c1-c1ccco1. The van der Waals surface area contributed by atoms with Gasteiger partial charge in [0.05, 0.1) is 18.2 Å². The van der Waals surface area contributed by atoms with E-state index in [0.717, 1.165) is 16.7 Å². The summed E-state index contributed by atoms with van der Waals surface area (Å²) >= 11 is 0. The van der Waals surface area contributed by atoms with Crippen LogP contribution in [0.5, 0.6) is 0 Å². The Kier molecular flexibility index (Phi) is 5.22. The lowest BCUT2D eigenvalue weighted by Gasteiger charge is -2.11. The predicted molar refractivity (Wildman–Crippen MR) is 97.0 cm³/mol. The number of rotatable bonds is 7. The Balaban J connectivity index is 1.97. The molecule has 0 spiro atoms. The summed E-state index contributed by atoms with van der Waals surface area (Å²) in [6, 6.07) is 13.4. The number of nitrogens with zero attached hydrogens (tertiary/aromatic N) is 1. The van der Waals surface area contributed by atoms with E-state index in [1.54, 1.807) is 12.3 Å². The first-order valence-electron chi connectivity index (χ1n) is 8.34. The Morgan fingerprint density at radius 2 is 1.92 bits per heavy atom. The van der Waals surface area contributed by atoms with Crippen LogP contribution < -0.4 is 5.32 Å². The molecule has 0 aliphatic carbocycles. The first-order chi connectivity index (χ1) is 12.6. The summed E-state index contributed by atoms with van der Waals surface area (Å²) in [5.74, 6) is -0.660. The van der Waals surface area contributed by atoms with Gasteiger partial charge in [0.25, 0.3) is 5.91 Å². The van der Waals surface area contributed by atoms with Crippen molar-refractivity contribution in [2.24, 2.45) is 0 Å². The predicted octanol–water partition coefficient (Wildman–Crippen LogP) is 3.31. The van der Waals surface area contributed by atoms with Gasteiger partial charge in [-0.05, 0) is 30.2 Å². The standard InChI is InChI=1S/C20H20N2O4/c1-14-12-22(13-15-6-3-2-4-7-15)19(18(14)16-8-5-11-26-16)20(25)21-10-9-17(23)24/h2-8,11-12H,9-10,13H2,1H3,(H,21,25)(H,23,24). The third-order valence-corrected chi connectivity index (χ3v) is 4.07. The van der Waals surface area contributed by atoms with Gasteiger partial charge in [-0.1, -0.05) is 30.3 Å². The molecular formula is C20H20N2O4. The Bertz CT molecular complexity index is 896. The van der Waals surface area contributed by atoms with Crippen LogP contribution in [0.15, 0.2) is 59.3 Å². The van der Waals surface area contributed by atoms with Crippen molar-refractivity contribution in [1.82, 2.24) is 9.88 Å². The summed E-state index contributed by atoms with van der Waals surface area (Å²) in [5.41, 5.74) is 3.16. The minimum atomic E-state index is -0.951. The molecule has 0 aliphatic heterocycles. The van der Waals surface area contributed by atoms with E-state index in [2.05, 4.69) is 5.32 Å². The average Bonchev–Trinajstić information content (AvgIpc) is 3.23. The van der Waals surface area contributed by atoms with Gasteiger partial charge < -0.3 is 19.4 Å². The molecule has 134 valence electrons. The summed E-state index contributed by atoms with van der Waals surface area (Å²) in [7, 11) is 0. The monoisotopic (exact) mass is 352 g/mol. The molecule has 0 bridgehead atoms. The molecule has 0 fully saturated rings. The van der Waals surface area contributed by atoms with Crippen molar-refractivity contribution in [2.75, 3.05) is 6.54 Å². The molecule has 6 heteroatoms. The summed E-state index contributed by atoms with van der Waals surface area (Å²) in [6.45, 7) is 2.53. The van der Waals surface area contributed by atoms with E-state index in [0.29, 0.717) is 18.0 Å². The van der Waals surface area contributed by atoms with Crippen molar-refractivity contribution in [3.8, 4) is 11.3 Å². The van der Waals surface area contributed by atoms with E-state index in [1.165, 1.54) is 0 Å². The van der Waals surface area contributed by atoms with Gasteiger partial charge in [-0.3, -0.25) is 9.59 Å². The first-order valence-corrected chi connectivity index (χ1v) is 8.34. The second-order valence-corrected chi connectivity index (χ2v) is 6.03. The zero-order chi connectivity index (χ0) is 18.5. The molecule has 0 aliphatic rings. The summed E-state index contributed by atoms with van der Waals surface area (Å²) < 4.78 is 7.38. The zero-order valence-electron chi connectivity index (χ0n) is 14.4. The minimum absolute atomic E-state index is 0.0708. The highest BCUT2D eigenvalue weighted by Gasteiger charge is 2.23. The van der Waals surface area contributed by atoms with Crippen LogP contribution in [0.1, 0.15) is 28.0 Å². The fourth-order valence-corrected chi connectivity index (χ4v) is 2.94. The maximum atomic E-state index is 12.8. The Morgan fingerprint density at radius 1 is 1.15 bits per heavy atom. The number of amides is 1. The van der Waals surface area contributed by atoms with Gasteiger partial charge >= 0.3 is 5.97 Å². The number of aromatic nitrogens is 1. The summed E-state index contributed by atoms with van der Waals surface area (Å²) in [6.07, 6.45) is 3.35. The van der Waals surface area contributed by atoms with Gasteiger partial charge in [-0.2, -0.15) is 0 Å². The van der Waals surface area contributed by atoms with Crippen molar-refractivity contribution in [3.05, 3.63) is 71.7 Å². The second kappa shape index (κ2) is 7.74. The number of aryl methyl sites for hydroxylation is 1. The smallest absolute Gasteiger partial charge is 0.305 e. The third kappa shape index (κ3) is 3.85. The highest BCUT2D eigenvalue weighted by molar-refractivity contribution is 6.00. The summed E-state index contributed by atoms with van der Waals surface area (Å²) in [4.78, 5) is 23.5. The van der Waals surface area contributed by atoms with E-state index in [9.17, 15) is 9.59 Å². The van der Waals surface area contributed by atoms with Crippen LogP contribution in [0.25, 0.3) is 11.3 Å². The molecular weight excluding hydrogens is 332 g/mol. The lowest BCUT2D eigenvalue weighted by Crippen LogP contribution is -2.28. The number of hydrogen-bond acceptors (Lipinski definition) is 3. The minimum Gasteiger partial charge on any atom is -0.481 e. The van der Waals surface area contributed by atoms with Crippen LogP contribution in [0.2, 0.25) is 0 Å². The average molecular weight is 352 g/mol. The van der Waals surface area contributed by atoms with Crippen molar-refractivity contribution in [2.45, 2.75) is 19.9 Å². The number of hydrogen-bond donors (Lipinski definition) is 2. The van der Waals surface area contributed by atoms with E-state index in [4.69, 9.17) is 9.52 Å². The molecule has 3 rings (SSSR count). The molecule has 2 aromatic heterocycles. The highest BCUT2D eigenvalue weighted by atomic mass is 16.4. The molecule has 1 amide bonds. The van der Waals surface area contributed by atoms with Crippen molar-refractivity contribution in [3.63, 3.8) is 0 Å². The number of carbonyl (C=O) groups excluding carboxylic acids is 1. The highest BCUT2D eigenvalue weighted by Crippen LogP contribution is 2.30. The normalized spacial score (nSPS) is 10.7. The largest absolute Gasteiger partial charge is 0.481 e. The van der Waals surface area contributed by atoms with E-state index >= 15 is 0 Å². The Morgan fingerprint density at radius 3 is 2.58 bits per heavy atom. The van der Waals surface area contributed by atoms with Gasteiger partial charge in [0.2, 0.25) is 0 Å². The van der Waals surface area contributed by atoms with Crippen LogP contribution in [-0.2, 0) is 11.3 Å². The van der Waals surface area contributed by atoms with Crippen LogP contribution >= 0.6 is 0 Å². The maximum Gasteiger partial charge on any atom is 0.305 e. The van der Waals surface area contributed by atoms with Crippen molar-refractivity contribution >= 4 is 11.9 Å². The third-order valence-electron chi connectivity index (χ3n) is 4.07.